The first-order valence-corrected chi connectivity index (χ1v) is 8.34. The van der Waals surface area contributed by atoms with Gasteiger partial charge in [0.05, 0.1) is 30.2 Å². The summed E-state index contributed by atoms with van der Waals surface area (Å²) in [5, 5.41) is 8.79. The summed E-state index contributed by atoms with van der Waals surface area (Å²) in [5.41, 5.74) is 0. The second-order valence-corrected chi connectivity index (χ2v) is 6.17. The Balaban J connectivity index is 1.70. The van der Waals surface area contributed by atoms with Gasteiger partial charge in [0.25, 0.3) is 0 Å². The third kappa shape index (κ3) is 5.84. The maximum Gasteiger partial charge on any atom is 0.306 e. The Morgan fingerprint density at radius 2 is 2.17 bits per heavy atom. The molecule has 0 aliphatic carbocycles. The quantitative estimate of drug-likeness (QED) is 0.728. The molecule has 1 saturated heterocycles. The highest BCUT2D eigenvalue weighted by Crippen LogP contribution is 2.23. The lowest BCUT2D eigenvalue weighted by atomic mass is 10.2. The number of halogens is 1. The van der Waals surface area contributed by atoms with Crippen LogP contribution < -0.4 is 4.74 Å². The number of benzene rings is 1. The lowest BCUT2D eigenvalue weighted by molar-refractivity contribution is -0.147. The van der Waals surface area contributed by atoms with Crippen LogP contribution >= 0.6 is 15.9 Å². The first kappa shape index (κ1) is 17.7. The number of carboxylic acid groups (broad SMARTS) is 1. The minimum absolute atomic E-state index is 0.0133. The van der Waals surface area contributed by atoms with Gasteiger partial charge in [0, 0.05) is 19.5 Å². The fourth-order valence-electron chi connectivity index (χ4n) is 2.39. The largest absolute Gasteiger partial charge is 0.492 e. The van der Waals surface area contributed by atoms with Crippen molar-refractivity contribution in [3.63, 3.8) is 0 Å². The van der Waals surface area contributed by atoms with Gasteiger partial charge >= 0.3 is 5.97 Å². The molecule has 1 N–H and O–H groups in total. The smallest absolute Gasteiger partial charge is 0.306 e. The number of amides is 1. The van der Waals surface area contributed by atoms with Crippen molar-refractivity contribution in [2.45, 2.75) is 25.4 Å². The van der Waals surface area contributed by atoms with Crippen molar-refractivity contribution in [1.82, 2.24) is 4.90 Å². The van der Waals surface area contributed by atoms with Gasteiger partial charge in [-0.3, -0.25) is 9.59 Å². The van der Waals surface area contributed by atoms with Crippen LogP contribution in [0.15, 0.2) is 28.7 Å². The SMILES string of the molecule is O=C(O)CC1CN(C(=O)CCCOc2ccccc2Br)CCO1. The second kappa shape index (κ2) is 8.88. The zero-order valence-corrected chi connectivity index (χ0v) is 14.3. The molecule has 0 bridgehead atoms. The van der Waals surface area contributed by atoms with E-state index in [-0.39, 0.29) is 12.3 Å². The van der Waals surface area contributed by atoms with Crippen LogP contribution in [-0.4, -0.2) is 54.3 Å². The van der Waals surface area contributed by atoms with Gasteiger partial charge in [-0.1, -0.05) is 12.1 Å². The summed E-state index contributed by atoms with van der Waals surface area (Å²) in [6, 6.07) is 7.56. The lowest BCUT2D eigenvalue weighted by Gasteiger charge is -2.32. The van der Waals surface area contributed by atoms with Crippen LogP contribution in [0.1, 0.15) is 19.3 Å². The summed E-state index contributed by atoms with van der Waals surface area (Å²) in [5.74, 6) is -0.140. The first-order chi connectivity index (χ1) is 11.1. The number of para-hydroxylation sites is 1. The predicted octanol–water partition coefficient (Wildman–Crippen LogP) is 2.31. The van der Waals surface area contributed by atoms with Crippen molar-refractivity contribution < 1.29 is 24.2 Å². The van der Waals surface area contributed by atoms with E-state index in [1.807, 2.05) is 24.3 Å². The number of hydrogen-bond acceptors (Lipinski definition) is 4. The number of nitrogens with zero attached hydrogens (tertiary/aromatic N) is 1. The zero-order valence-electron chi connectivity index (χ0n) is 12.7. The van der Waals surface area contributed by atoms with Gasteiger partial charge in [0.15, 0.2) is 0 Å². The highest BCUT2D eigenvalue weighted by molar-refractivity contribution is 9.10. The van der Waals surface area contributed by atoms with Crippen LogP contribution in [0.25, 0.3) is 0 Å². The number of rotatable bonds is 7. The summed E-state index contributed by atoms with van der Waals surface area (Å²) in [6.07, 6.45) is 0.502. The summed E-state index contributed by atoms with van der Waals surface area (Å²) in [6.45, 7) is 1.70. The highest BCUT2D eigenvalue weighted by Gasteiger charge is 2.25. The van der Waals surface area contributed by atoms with Gasteiger partial charge in [-0.05, 0) is 34.5 Å². The van der Waals surface area contributed by atoms with Crippen molar-refractivity contribution in [3.05, 3.63) is 28.7 Å². The molecule has 0 spiro atoms. The van der Waals surface area contributed by atoms with E-state index in [1.165, 1.54) is 0 Å². The minimum atomic E-state index is -0.911. The van der Waals surface area contributed by atoms with Crippen molar-refractivity contribution in [3.8, 4) is 5.75 Å². The van der Waals surface area contributed by atoms with Crippen molar-refractivity contribution in [1.29, 1.82) is 0 Å². The number of carbonyl (C=O) groups is 2. The number of ether oxygens (including phenoxy) is 2. The average Bonchev–Trinajstić information content (AvgIpc) is 2.52. The Bertz CT molecular complexity index is 551. The second-order valence-electron chi connectivity index (χ2n) is 5.31. The summed E-state index contributed by atoms with van der Waals surface area (Å²) in [7, 11) is 0. The van der Waals surface area contributed by atoms with E-state index in [2.05, 4.69) is 15.9 Å². The molecule has 7 heteroatoms. The Morgan fingerprint density at radius 3 is 2.91 bits per heavy atom. The molecule has 0 saturated carbocycles. The van der Waals surface area contributed by atoms with Crippen molar-refractivity contribution in [2.24, 2.45) is 0 Å². The molecule has 23 heavy (non-hydrogen) atoms. The number of aliphatic carboxylic acids is 1. The normalized spacial score (nSPS) is 17.8. The van der Waals surface area contributed by atoms with Crippen LogP contribution in [0, 0.1) is 0 Å². The van der Waals surface area contributed by atoms with Gasteiger partial charge in [-0.25, -0.2) is 0 Å². The van der Waals surface area contributed by atoms with Gasteiger partial charge in [0.1, 0.15) is 5.75 Å². The number of morpholine rings is 1. The Kier molecular flexibility index (Phi) is 6.85. The Labute approximate surface area is 143 Å². The number of hydrogen-bond donors (Lipinski definition) is 1. The van der Waals surface area contributed by atoms with Crippen LogP contribution in [0.4, 0.5) is 0 Å². The molecule has 126 valence electrons. The maximum atomic E-state index is 12.2. The maximum absolute atomic E-state index is 12.2. The average molecular weight is 386 g/mol. The number of carbonyl (C=O) groups excluding carboxylic acids is 1. The molecular weight excluding hydrogens is 366 g/mol. The summed E-state index contributed by atoms with van der Waals surface area (Å²) < 4.78 is 11.9. The van der Waals surface area contributed by atoms with E-state index < -0.39 is 12.1 Å². The van der Waals surface area contributed by atoms with Crippen LogP contribution in [0.5, 0.6) is 5.75 Å². The molecule has 1 unspecified atom stereocenters. The van der Waals surface area contributed by atoms with Crippen molar-refractivity contribution in [2.75, 3.05) is 26.3 Å². The number of carboxylic acids is 1. The molecule has 1 amide bonds. The molecule has 6 nitrogen and oxygen atoms in total. The fourth-order valence-corrected chi connectivity index (χ4v) is 2.79. The van der Waals surface area contributed by atoms with E-state index in [4.69, 9.17) is 14.6 Å². The van der Waals surface area contributed by atoms with Crippen molar-refractivity contribution >= 4 is 27.8 Å². The zero-order chi connectivity index (χ0) is 16.7. The molecule has 1 heterocycles. The van der Waals surface area contributed by atoms with E-state index in [9.17, 15) is 9.59 Å². The molecule has 1 atom stereocenters. The topological polar surface area (TPSA) is 76.1 Å². The molecule has 1 aromatic carbocycles. The minimum Gasteiger partial charge on any atom is -0.492 e. The molecule has 2 rings (SSSR count). The van der Waals surface area contributed by atoms with E-state index in [0.717, 1.165) is 10.2 Å². The predicted molar refractivity (Wildman–Crippen MR) is 87.4 cm³/mol. The van der Waals surface area contributed by atoms with Gasteiger partial charge in [-0.15, -0.1) is 0 Å². The van der Waals surface area contributed by atoms with E-state index in [0.29, 0.717) is 39.1 Å². The molecule has 1 aromatic rings. The third-order valence-corrected chi connectivity index (χ3v) is 4.18. The van der Waals surface area contributed by atoms with Crippen LogP contribution in [0.2, 0.25) is 0 Å². The molecule has 1 aliphatic heterocycles. The standard InChI is InChI=1S/C16H20BrNO5/c17-13-4-1-2-5-14(13)23-8-3-6-15(19)18-7-9-22-12(11-18)10-16(20)21/h1-2,4-5,12H,3,6-11H2,(H,20,21). The first-order valence-electron chi connectivity index (χ1n) is 7.55. The Morgan fingerprint density at radius 1 is 1.39 bits per heavy atom. The Hall–Kier alpha value is -1.60. The van der Waals surface area contributed by atoms with E-state index >= 15 is 0 Å². The van der Waals surface area contributed by atoms with Crippen LogP contribution in [0.3, 0.4) is 0 Å². The molecule has 0 aromatic heterocycles. The van der Waals surface area contributed by atoms with Gasteiger partial charge < -0.3 is 19.5 Å². The summed E-state index contributed by atoms with van der Waals surface area (Å²) >= 11 is 3.40. The molecule has 0 radical (unpaired) electrons. The van der Waals surface area contributed by atoms with Gasteiger partial charge in [-0.2, -0.15) is 0 Å². The fraction of sp³-hybridized carbons (Fsp3) is 0.500. The highest BCUT2D eigenvalue weighted by atomic mass is 79.9. The molecule has 1 aliphatic rings. The van der Waals surface area contributed by atoms with E-state index in [1.54, 1.807) is 4.90 Å². The third-order valence-electron chi connectivity index (χ3n) is 3.52. The van der Waals surface area contributed by atoms with Crippen LogP contribution in [-0.2, 0) is 14.3 Å². The molecule has 1 fully saturated rings. The summed E-state index contributed by atoms with van der Waals surface area (Å²) in [4.78, 5) is 24.6. The molecular formula is C16H20BrNO5. The lowest BCUT2D eigenvalue weighted by Crippen LogP contribution is -2.46. The van der Waals surface area contributed by atoms with Gasteiger partial charge in [0.2, 0.25) is 5.91 Å². The monoisotopic (exact) mass is 385 g/mol.